The molecule has 1 aromatic rings. The third-order valence-corrected chi connectivity index (χ3v) is 4.54. The van der Waals surface area contributed by atoms with Crippen molar-refractivity contribution < 1.29 is 14.3 Å². The maximum absolute atomic E-state index is 12.1. The second-order valence-corrected chi connectivity index (χ2v) is 6.33. The maximum Gasteiger partial charge on any atom is 0.260 e. The van der Waals surface area contributed by atoms with Gasteiger partial charge >= 0.3 is 0 Å². The largest absolute Gasteiger partial charge is 0.484 e. The normalized spacial score (nSPS) is 15.8. The molecule has 1 atom stereocenters. The van der Waals surface area contributed by atoms with Crippen LogP contribution in [-0.4, -0.2) is 49.5 Å². The second-order valence-electron chi connectivity index (χ2n) is 6.33. The standard InChI is InChI=1S/C19H29N3O3.ClH/c1-3-22(4-2)19(24)14-25-17-7-5-6-16(12-17)21-18(23)9-8-15-10-11-20-13-15;/h5-7,12,15,20H,3-4,8-11,13-14H2,1-2H3,(H,21,23);1H. The second kappa shape index (κ2) is 11.8. The zero-order chi connectivity index (χ0) is 18.1. The monoisotopic (exact) mass is 383 g/mol. The lowest BCUT2D eigenvalue weighted by Gasteiger charge is -2.18. The fraction of sp³-hybridized carbons (Fsp3) is 0.579. The molecule has 6 nitrogen and oxygen atoms in total. The first-order valence-corrected chi connectivity index (χ1v) is 9.13. The number of carbonyl (C=O) groups excluding carboxylic acids is 2. The summed E-state index contributed by atoms with van der Waals surface area (Å²) < 4.78 is 5.57. The molecule has 0 spiro atoms. The van der Waals surface area contributed by atoms with Gasteiger partial charge < -0.3 is 20.3 Å². The highest BCUT2D eigenvalue weighted by Gasteiger charge is 2.16. The van der Waals surface area contributed by atoms with Crippen molar-refractivity contribution in [3.63, 3.8) is 0 Å². The molecule has 1 heterocycles. The van der Waals surface area contributed by atoms with Crippen molar-refractivity contribution in [2.24, 2.45) is 5.92 Å². The number of carbonyl (C=O) groups is 2. The summed E-state index contributed by atoms with van der Waals surface area (Å²) in [7, 11) is 0. The molecule has 26 heavy (non-hydrogen) atoms. The molecule has 1 unspecified atom stereocenters. The Bertz CT molecular complexity index is 573. The van der Waals surface area contributed by atoms with Gasteiger partial charge in [0.1, 0.15) is 5.75 Å². The van der Waals surface area contributed by atoms with Gasteiger partial charge in [-0.3, -0.25) is 9.59 Å². The van der Waals surface area contributed by atoms with Crippen LogP contribution in [0.25, 0.3) is 0 Å². The minimum atomic E-state index is -0.0374. The van der Waals surface area contributed by atoms with Gasteiger partial charge in [-0.1, -0.05) is 6.07 Å². The van der Waals surface area contributed by atoms with E-state index in [-0.39, 0.29) is 30.8 Å². The Kier molecular flexibility index (Phi) is 10.1. The summed E-state index contributed by atoms with van der Waals surface area (Å²) in [6.07, 6.45) is 2.59. The molecule has 2 amide bonds. The minimum absolute atomic E-state index is 0. The average Bonchev–Trinajstić information content (AvgIpc) is 3.13. The number of anilines is 1. The molecule has 2 N–H and O–H groups in total. The van der Waals surface area contributed by atoms with E-state index in [1.54, 1.807) is 17.0 Å². The Labute approximate surface area is 162 Å². The van der Waals surface area contributed by atoms with Gasteiger partial charge in [-0.15, -0.1) is 12.4 Å². The molecule has 7 heteroatoms. The van der Waals surface area contributed by atoms with Crippen LogP contribution >= 0.6 is 12.4 Å². The number of likely N-dealkylation sites (N-methyl/N-ethyl adjacent to an activating group) is 1. The lowest BCUT2D eigenvalue weighted by atomic mass is 10.0. The van der Waals surface area contributed by atoms with Crippen molar-refractivity contribution in [1.29, 1.82) is 0 Å². The highest BCUT2D eigenvalue weighted by molar-refractivity contribution is 5.90. The lowest BCUT2D eigenvalue weighted by molar-refractivity contribution is -0.133. The quantitative estimate of drug-likeness (QED) is 0.687. The SMILES string of the molecule is CCN(CC)C(=O)COc1cccc(NC(=O)CCC2CCNC2)c1.Cl. The molecule has 0 aromatic heterocycles. The molecule has 0 bridgehead atoms. The Hall–Kier alpha value is -1.79. The number of hydrogen-bond acceptors (Lipinski definition) is 4. The molecule has 0 saturated carbocycles. The summed E-state index contributed by atoms with van der Waals surface area (Å²) >= 11 is 0. The van der Waals surface area contributed by atoms with E-state index < -0.39 is 0 Å². The van der Waals surface area contributed by atoms with E-state index >= 15 is 0 Å². The zero-order valence-electron chi connectivity index (χ0n) is 15.6. The minimum Gasteiger partial charge on any atom is -0.484 e. The highest BCUT2D eigenvalue weighted by Crippen LogP contribution is 2.19. The predicted molar refractivity (Wildman–Crippen MR) is 106 cm³/mol. The summed E-state index contributed by atoms with van der Waals surface area (Å²) in [5.41, 5.74) is 0.697. The number of halogens is 1. The summed E-state index contributed by atoms with van der Waals surface area (Å²) in [6, 6.07) is 7.18. The lowest BCUT2D eigenvalue weighted by Crippen LogP contribution is -2.34. The molecule has 0 radical (unpaired) electrons. The first kappa shape index (κ1) is 22.3. The number of amides is 2. The molecular weight excluding hydrogens is 354 g/mol. The van der Waals surface area contributed by atoms with E-state index in [9.17, 15) is 9.59 Å². The first-order valence-electron chi connectivity index (χ1n) is 9.13. The topological polar surface area (TPSA) is 70.7 Å². The van der Waals surface area contributed by atoms with E-state index in [0.717, 1.165) is 25.9 Å². The summed E-state index contributed by atoms with van der Waals surface area (Å²) in [4.78, 5) is 25.8. The highest BCUT2D eigenvalue weighted by atomic mass is 35.5. The van der Waals surface area contributed by atoms with Gasteiger partial charge in [-0.05, 0) is 57.8 Å². The molecule has 1 fully saturated rings. The summed E-state index contributed by atoms with van der Waals surface area (Å²) in [5, 5.41) is 6.22. The fourth-order valence-electron chi connectivity index (χ4n) is 3.00. The van der Waals surface area contributed by atoms with Gasteiger partial charge in [-0.25, -0.2) is 0 Å². The van der Waals surface area contributed by atoms with Crippen molar-refractivity contribution >= 4 is 29.9 Å². The van der Waals surface area contributed by atoms with E-state index in [1.807, 2.05) is 26.0 Å². The van der Waals surface area contributed by atoms with Gasteiger partial charge in [0.05, 0.1) is 0 Å². The van der Waals surface area contributed by atoms with Crippen LogP contribution in [0.3, 0.4) is 0 Å². The average molecular weight is 384 g/mol. The molecule has 146 valence electrons. The first-order chi connectivity index (χ1) is 12.1. The third-order valence-electron chi connectivity index (χ3n) is 4.54. The Balaban J connectivity index is 0.00000338. The van der Waals surface area contributed by atoms with Crippen LogP contribution in [0.4, 0.5) is 5.69 Å². The van der Waals surface area contributed by atoms with Crippen LogP contribution in [0.5, 0.6) is 5.75 Å². The van der Waals surface area contributed by atoms with Crippen LogP contribution in [0.2, 0.25) is 0 Å². The van der Waals surface area contributed by atoms with Crippen molar-refractivity contribution in [2.45, 2.75) is 33.1 Å². The van der Waals surface area contributed by atoms with E-state index in [4.69, 9.17) is 4.74 Å². The summed E-state index contributed by atoms with van der Waals surface area (Å²) in [5.74, 6) is 1.16. The fourth-order valence-corrected chi connectivity index (χ4v) is 3.00. The van der Waals surface area contributed by atoms with Crippen LogP contribution in [0.1, 0.15) is 33.1 Å². The van der Waals surface area contributed by atoms with Gasteiger partial charge in [0, 0.05) is 31.3 Å². The van der Waals surface area contributed by atoms with Crippen LogP contribution in [0, 0.1) is 5.92 Å². The third kappa shape index (κ3) is 7.22. The van der Waals surface area contributed by atoms with Crippen LogP contribution in [0.15, 0.2) is 24.3 Å². The van der Waals surface area contributed by atoms with Crippen LogP contribution < -0.4 is 15.4 Å². The molecule has 1 saturated heterocycles. The molecule has 0 aliphatic carbocycles. The van der Waals surface area contributed by atoms with Gasteiger partial charge in [0.15, 0.2) is 6.61 Å². The number of ether oxygens (including phenoxy) is 1. The smallest absolute Gasteiger partial charge is 0.260 e. The van der Waals surface area contributed by atoms with Gasteiger partial charge in [-0.2, -0.15) is 0 Å². The molecule has 2 rings (SSSR count). The number of benzene rings is 1. The van der Waals surface area contributed by atoms with Gasteiger partial charge in [0.2, 0.25) is 5.91 Å². The number of nitrogens with one attached hydrogen (secondary N) is 2. The number of nitrogens with zero attached hydrogens (tertiary/aromatic N) is 1. The Morgan fingerprint density at radius 2 is 2.08 bits per heavy atom. The number of hydrogen-bond donors (Lipinski definition) is 2. The molecule has 1 aliphatic heterocycles. The van der Waals surface area contributed by atoms with E-state index in [2.05, 4.69) is 10.6 Å². The molecular formula is C19H30ClN3O3. The van der Waals surface area contributed by atoms with Gasteiger partial charge in [0.25, 0.3) is 5.91 Å². The zero-order valence-corrected chi connectivity index (χ0v) is 16.4. The maximum atomic E-state index is 12.1. The summed E-state index contributed by atoms with van der Waals surface area (Å²) in [6.45, 7) is 7.30. The van der Waals surface area contributed by atoms with Crippen molar-refractivity contribution in [1.82, 2.24) is 10.2 Å². The molecule has 1 aromatic carbocycles. The van der Waals surface area contributed by atoms with Crippen molar-refractivity contribution in [2.75, 3.05) is 38.1 Å². The predicted octanol–water partition coefficient (Wildman–Crippen LogP) is 2.68. The van der Waals surface area contributed by atoms with E-state index in [1.165, 1.54) is 0 Å². The Morgan fingerprint density at radius 3 is 2.73 bits per heavy atom. The Morgan fingerprint density at radius 1 is 1.31 bits per heavy atom. The van der Waals surface area contributed by atoms with Crippen molar-refractivity contribution in [3.05, 3.63) is 24.3 Å². The van der Waals surface area contributed by atoms with Crippen molar-refractivity contribution in [3.8, 4) is 5.75 Å². The molecule has 1 aliphatic rings. The number of rotatable bonds is 9. The van der Waals surface area contributed by atoms with E-state index in [0.29, 0.717) is 36.9 Å². The van der Waals surface area contributed by atoms with Crippen LogP contribution in [-0.2, 0) is 9.59 Å².